The highest BCUT2D eigenvalue weighted by atomic mass is 28.4. The molecule has 0 N–H and O–H groups in total. The zero-order chi connectivity index (χ0) is 12.4. The van der Waals surface area contributed by atoms with Gasteiger partial charge in [-0.05, 0) is 52.1 Å². The van der Waals surface area contributed by atoms with Gasteiger partial charge in [-0.25, -0.2) is 0 Å². The zero-order valence-corrected chi connectivity index (χ0v) is 13.8. The van der Waals surface area contributed by atoms with Crippen molar-refractivity contribution in [1.82, 2.24) is 0 Å². The molecule has 96 valence electrons. The van der Waals surface area contributed by atoms with Crippen molar-refractivity contribution in [2.24, 2.45) is 0 Å². The molecule has 0 aromatic carbocycles. The molecule has 0 saturated heterocycles. The maximum Gasteiger partial charge on any atom is 0.184 e. The van der Waals surface area contributed by atoms with Crippen LogP contribution < -0.4 is 0 Å². The maximum atomic E-state index is 6.27. The van der Waals surface area contributed by atoms with Crippen LogP contribution in [0, 0.1) is 0 Å². The minimum atomic E-state index is -1.43. The van der Waals surface area contributed by atoms with Crippen LogP contribution in [0.1, 0.15) is 25.7 Å². The van der Waals surface area contributed by atoms with Crippen LogP contribution in [-0.4, -0.2) is 28.8 Å². The van der Waals surface area contributed by atoms with Crippen LogP contribution in [0.25, 0.3) is 0 Å². The molecule has 0 bridgehead atoms. The standard InChI is InChI=1S/C12H28O2Si2/c1-15(2,3)13-11-9-7-8-10-12(11)14-16(4,5)6/h11-12H,7-10H2,1-6H3/t11-,12-/m0/s1. The van der Waals surface area contributed by atoms with Gasteiger partial charge in [-0.15, -0.1) is 0 Å². The normalized spacial score (nSPS) is 28.1. The van der Waals surface area contributed by atoms with Crippen molar-refractivity contribution in [2.45, 2.75) is 77.2 Å². The van der Waals surface area contributed by atoms with Gasteiger partial charge in [0.25, 0.3) is 0 Å². The first-order chi connectivity index (χ1) is 7.17. The van der Waals surface area contributed by atoms with Crippen molar-refractivity contribution in [3.05, 3.63) is 0 Å². The second-order valence-corrected chi connectivity index (χ2v) is 15.7. The van der Waals surface area contributed by atoms with Crippen LogP contribution in [0.5, 0.6) is 0 Å². The molecule has 1 fully saturated rings. The third-order valence-electron chi connectivity index (χ3n) is 2.65. The molecule has 2 atom stereocenters. The molecule has 0 amide bonds. The molecule has 1 saturated carbocycles. The van der Waals surface area contributed by atoms with Crippen molar-refractivity contribution < 1.29 is 8.85 Å². The monoisotopic (exact) mass is 260 g/mol. The van der Waals surface area contributed by atoms with Gasteiger partial charge in [-0.3, -0.25) is 0 Å². The summed E-state index contributed by atoms with van der Waals surface area (Å²) in [5.41, 5.74) is 0. The van der Waals surface area contributed by atoms with E-state index < -0.39 is 16.6 Å². The molecule has 1 rings (SSSR count). The van der Waals surface area contributed by atoms with Gasteiger partial charge in [0.05, 0.1) is 12.2 Å². The molecule has 0 heterocycles. The topological polar surface area (TPSA) is 18.5 Å². The predicted octanol–water partition coefficient (Wildman–Crippen LogP) is 4.00. The lowest BCUT2D eigenvalue weighted by atomic mass is 9.95. The summed E-state index contributed by atoms with van der Waals surface area (Å²) in [6.45, 7) is 13.6. The van der Waals surface area contributed by atoms with Crippen molar-refractivity contribution in [3.8, 4) is 0 Å². The molecule has 0 radical (unpaired) electrons. The van der Waals surface area contributed by atoms with Crippen molar-refractivity contribution in [3.63, 3.8) is 0 Å². The van der Waals surface area contributed by atoms with E-state index in [0.717, 1.165) is 0 Å². The Hall–Kier alpha value is 0.354. The quantitative estimate of drug-likeness (QED) is 0.711. The highest BCUT2D eigenvalue weighted by Crippen LogP contribution is 2.28. The van der Waals surface area contributed by atoms with Crippen LogP contribution in [0.3, 0.4) is 0 Å². The number of rotatable bonds is 4. The summed E-state index contributed by atoms with van der Waals surface area (Å²) in [7, 11) is -2.85. The highest BCUT2D eigenvalue weighted by Gasteiger charge is 2.33. The second kappa shape index (κ2) is 5.33. The summed E-state index contributed by atoms with van der Waals surface area (Å²) in [6.07, 6.45) is 5.74. The van der Waals surface area contributed by atoms with E-state index >= 15 is 0 Å². The van der Waals surface area contributed by atoms with E-state index in [9.17, 15) is 0 Å². The second-order valence-electron chi connectivity index (χ2n) is 6.82. The van der Waals surface area contributed by atoms with Crippen molar-refractivity contribution in [1.29, 1.82) is 0 Å². The lowest BCUT2D eigenvalue weighted by Gasteiger charge is -2.38. The molecule has 0 aliphatic heterocycles. The summed E-state index contributed by atoms with van der Waals surface area (Å²) in [5, 5.41) is 0. The molecular weight excluding hydrogens is 232 g/mol. The summed E-state index contributed by atoms with van der Waals surface area (Å²) in [4.78, 5) is 0. The van der Waals surface area contributed by atoms with Crippen LogP contribution in [0.2, 0.25) is 39.3 Å². The minimum Gasteiger partial charge on any atom is -0.412 e. The fraction of sp³-hybridized carbons (Fsp3) is 1.00. The van der Waals surface area contributed by atoms with Gasteiger partial charge in [0.15, 0.2) is 16.6 Å². The smallest absolute Gasteiger partial charge is 0.184 e. The fourth-order valence-corrected chi connectivity index (χ4v) is 4.60. The maximum absolute atomic E-state index is 6.27. The predicted molar refractivity (Wildman–Crippen MR) is 74.9 cm³/mol. The Kier molecular flexibility index (Phi) is 4.81. The molecule has 0 aromatic rings. The zero-order valence-electron chi connectivity index (χ0n) is 11.8. The first-order valence-electron chi connectivity index (χ1n) is 6.53. The molecule has 0 aromatic heterocycles. The first-order valence-corrected chi connectivity index (χ1v) is 13.3. The van der Waals surface area contributed by atoms with E-state index in [0.29, 0.717) is 12.2 Å². The SMILES string of the molecule is C[Si](C)(C)O[C@H]1CCCC[C@@H]1O[Si](C)(C)C. The Balaban J connectivity index is 2.57. The van der Waals surface area contributed by atoms with Crippen LogP contribution in [-0.2, 0) is 8.85 Å². The minimum absolute atomic E-state index is 0.368. The number of hydrogen-bond donors (Lipinski definition) is 0. The van der Waals surface area contributed by atoms with Crippen molar-refractivity contribution in [2.75, 3.05) is 0 Å². The largest absolute Gasteiger partial charge is 0.412 e. The van der Waals surface area contributed by atoms with Crippen LogP contribution in [0.15, 0.2) is 0 Å². The summed E-state index contributed by atoms with van der Waals surface area (Å²) >= 11 is 0. The van der Waals surface area contributed by atoms with Gasteiger partial charge in [-0.1, -0.05) is 12.8 Å². The van der Waals surface area contributed by atoms with Crippen LogP contribution >= 0.6 is 0 Å². The van der Waals surface area contributed by atoms with E-state index in [1.807, 2.05) is 0 Å². The molecule has 1 aliphatic carbocycles. The summed E-state index contributed by atoms with van der Waals surface area (Å²) < 4.78 is 12.5. The molecule has 16 heavy (non-hydrogen) atoms. The van der Waals surface area contributed by atoms with Crippen molar-refractivity contribution >= 4 is 16.6 Å². The lowest BCUT2D eigenvalue weighted by molar-refractivity contribution is 0.0138. The Morgan fingerprint density at radius 1 is 0.688 bits per heavy atom. The molecule has 0 unspecified atom stereocenters. The Morgan fingerprint density at radius 2 is 1.00 bits per heavy atom. The van der Waals surface area contributed by atoms with Gasteiger partial charge in [0.2, 0.25) is 0 Å². The fourth-order valence-electron chi connectivity index (χ4n) is 2.24. The highest BCUT2D eigenvalue weighted by molar-refractivity contribution is 6.70. The number of hydrogen-bond acceptors (Lipinski definition) is 2. The van der Waals surface area contributed by atoms with Gasteiger partial charge >= 0.3 is 0 Å². The molecule has 0 spiro atoms. The lowest BCUT2D eigenvalue weighted by Crippen LogP contribution is -2.46. The average molecular weight is 261 g/mol. The Bertz CT molecular complexity index is 194. The van der Waals surface area contributed by atoms with E-state index in [4.69, 9.17) is 8.85 Å². The molecular formula is C12H28O2Si2. The third kappa shape index (κ3) is 5.61. The van der Waals surface area contributed by atoms with Crippen LogP contribution in [0.4, 0.5) is 0 Å². The van der Waals surface area contributed by atoms with E-state index in [-0.39, 0.29) is 0 Å². The molecule has 4 heteroatoms. The Morgan fingerprint density at radius 3 is 1.25 bits per heavy atom. The van der Waals surface area contributed by atoms with E-state index in [1.165, 1.54) is 25.7 Å². The van der Waals surface area contributed by atoms with Gasteiger partial charge < -0.3 is 8.85 Å². The average Bonchev–Trinajstić information content (AvgIpc) is 2.03. The third-order valence-corrected chi connectivity index (χ3v) is 4.67. The molecule has 2 nitrogen and oxygen atoms in total. The summed E-state index contributed by atoms with van der Waals surface area (Å²) in [6, 6.07) is 0. The van der Waals surface area contributed by atoms with E-state index in [2.05, 4.69) is 39.3 Å². The van der Waals surface area contributed by atoms with Gasteiger partial charge in [0, 0.05) is 0 Å². The van der Waals surface area contributed by atoms with E-state index in [1.54, 1.807) is 0 Å². The van der Waals surface area contributed by atoms with Gasteiger partial charge in [0.1, 0.15) is 0 Å². The first kappa shape index (κ1) is 14.4. The summed E-state index contributed by atoms with van der Waals surface area (Å²) in [5.74, 6) is 0. The van der Waals surface area contributed by atoms with Gasteiger partial charge in [-0.2, -0.15) is 0 Å². The molecule has 1 aliphatic rings. The Labute approximate surface area is 103 Å².